The number of alkyl halides is 2. The molecule has 0 aromatic carbocycles. The molecule has 0 aliphatic heterocycles. The van der Waals surface area contributed by atoms with Crippen LogP contribution in [0.5, 0.6) is 0 Å². The molecule has 2 aromatic rings. The van der Waals surface area contributed by atoms with Gasteiger partial charge in [0, 0.05) is 29.4 Å². The highest BCUT2D eigenvalue weighted by atomic mass is 32.2. The summed E-state index contributed by atoms with van der Waals surface area (Å²) in [5.74, 6) is -0.195. The number of carbonyl (C=O) groups excluding carboxylic acids is 1. The summed E-state index contributed by atoms with van der Waals surface area (Å²) < 4.78 is 26.7. The Bertz CT molecular complexity index is 732. The lowest BCUT2D eigenvalue weighted by Crippen LogP contribution is -2.40. The number of hydrogen-bond donors (Lipinski definition) is 1. The van der Waals surface area contributed by atoms with E-state index in [4.69, 9.17) is 0 Å². The van der Waals surface area contributed by atoms with Gasteiger partial charge in [-0.1, -0.05) is 11.8 Å². The number of aryl methyl sites for hydroxylation is 1. The minimum absolute atomic E-state index is 0.0366. The lowest BCUT2D eigenvalue weighted by atomic mass is 9.95. The van der Waals surface area contributed by atoms with E-state index < -0.39 is 6.43 Å². The second-order valence-electron chi connectivity index (χ2n) is 6.36. The number of amides is 1. The zero-order chi connectivity index (χ0) is 18.5. The second-order valence-corrected chi connectivity index (χ2v) is 7.63. The van der Waals surface area contributed by atoms with Crippen molar-refractivity contribution in [2.75, 3.05) is 0 Å². The van der Waals surface area contributed by atoms with Crippen molar-refractivity contribution in [1.29, 1.82) is 0 Å². The van der Waals surface area contributed by atoms with E-state index in [2.05, 4.69) is 20.4 Å². The number of thioether (sulfide) groups is 1. The van der Waals surface area contributed by atoms with E-state index in [1.165, 1.54) is 10.7 Å². The van der Waals surface area contributed by atoms with Gasteiger partial charge in [0.1, 0.15) is 12.2 Å². The third kappa shape index (κ3) is 5.00. The Morgan fingerprint density at radius 2 is 2.00 bits per heavy atom. The maximum absolute atomic E-state index is 12.7. The summed E-state index contributed by atoms with van der Waals surface area (Å²) >= 11 is 1.68. The molecule has 1 fully saturated rings. The molecule has 1 aliphatic rings. The minimum Gasteiger partial charge on any atom is -0.352 e. The highest BCUT2D eigenvalue weighted by Crippen LogP contribution is 2.31. The molecule has 9 heteroatoms. The van der Waals surface area contributed by atoms with Crippen molar-refractivity contribution in [3.63, 3.8) is 0 Å². The van der Waals surface area contributed by atoms with E-state index in [1.54, 1.807) is 37.1 Å². The van der Waals surface area contributed by atoms with Crippen LogP contribution < -0.4 is 5.32 Å². The molecule has 1 N–H and O–H groups in total. The summed E-state index contributed by atoms with van der Waals surface area (Å²) in [5.41, 5.74) is 0.259. The topological polar surface area (TPSA) is 72.7 Å². The van der Waals surface area contributed by atoms with E-state index >= 15 is 0 Å². The van der Waals surface area contributed by atoms with Crippen LogP contribution in [0.4, 0.5) is 8.78 Å². The largest absolute Gasteiger partial charge is 0.352 e. The lowest BCUT2D eigenvalue weighted by molar-refractivity contribution is -0.122. The average molecular weight is 381 g/mol. The van der Waals surface area contributed by atoms with Crippen LogP contribution in [0.3, 0.4) is 0 Å². The van der Waals surface area contributed by atoms with Gasteiger partial charge in [0.25, 0.3) is 6.43 Å². The van der Waals surface area contributed by atoms with Crippen LogP contribution in [0.2, 0.25) is 0 Å². The van der Waals surface area contributed by atoms with Gasteiger partial charge in [0.2, 0.25) is 5.91 Å². The predicted molar refractivity (Wildman–Crippen MR) is 94.0 cm³/mol. The Balaban J connectivity index is 1.45. The first kappa shape index (κ1) is 18.8. The average Bonchev–Trinajstić information content (AvgIpc) is 2.98. The highest BCUT2D eigenvalue weighted by molar-refractivity contribution is 7.99. The molecule has 0 unspecified atom stereocenters. The third-order valence-corrected chi connectivity index (χ3v) is 5.60. The summed E-state index contributed by atoms with van der Waals surface area (Å²) in [7, 11) is 0. The number of nitrogens with zero attached hydrogens (tertiary/aromatic N) is 4. The fraction of sp³-hybridized carbons (Fsp3) is 0.529. The van der Waals surface area contributed by atoms with Crippen molar-refractivity contribution < 1.29 is 13.6 Å². The van der Waals surface area contributed by atoms with Crippen molar-refractivity contribution >= 4 is 17.7 Å². The van der Waals surface area contributed by atoms with Gasteiger partial charge in [-0.25, -0.2) is 18.7 Å². The fourth-order valence-electron chi connectivity index (χ4n) is 3.03. The van der Waals surface area contributed by atoms with Gasteiger partial charge >= 0.3 is 0 Å². The summed E-state index contributed by atoms with van der Waals surface area (Å²) in [4.78, 5) is 20.7. The number of hydrogen-bond acceptors (Lipinski definition) is 5. The quantitative estimate of drug-likeness (QED) is 0.779. The second kappa shape index (κ2) is 8.57. The summed E-state index contributed by atoms with van der Waals surface area (Å²) in [6.45, 7) is 1.63. The monoisotopic (exact) mass is 381 g/mol. The molecule has 0 saturated heterocycles. The first-order valence-electron chi connectivity index (χ1n) is 8.57. The zero-order valence-corrected chi connectivity index (χ0v) is 15.3. The molecule has 0 atom stereocenters. The molecule has 1 saturated carbocycles. The molecule has 2 heterocycles. The maximum atomic E-state index is 12.7. The molecule has 26 heavy (non-hydrogen) atoms. The first-order chi connectivity index (χ1) is 12.5. The predicted octanol–water partition coefficient (Wildman–Crippen LogP) is 3.14. The standard InChI is InChI=1S/C17H21F2N5OS/c1-11-9-14(16(18)19)23-24(11)10-15(25)22-12-3-5-13(6-4-12)26-17-20-7-2-8-21-17/h2,7-9,12-13,16H,3-6,10H2,1H3,(H,22,25). The van der Waals surface area contributed by atoms with Gasteiger partial charge in [-0.2, -0.15) is 5.10 Å². The van der Waals surface area contributed by atoms with Crippen molar-refractivity contribution in [1.82, 2.24) is 25.1 Å². The van der Waals surface area contributed by atoms with Crippen molar-refractivity contribution in [3.05, 3.63) is 35.9 Å². The molecular weight excluding hydrogens is 360 g/mol. The normalized spacial score (nSPS) is 20.3. The number of aromatic nitrogens is 4. The van der Waals surface area contributed by atoms with Crippen LogP contribution in [0, 0.1) is 6.92 Å². The van der Waals surface area contributed by atoms with E-state index in [1.807, 2.05) is 0 Å². The Hall–Kier alpha value is -2.03. The molecule has 2 aromatic heterocycles. The lowest BCUT2D eigenvalue weighted by Gasteiger charge is -2.28. The molecular formula is C17H21F2N5OS. The van der Waals surface area contributed by atoms with E-state index in [0.29, 0.717) is 10.9 Å². The van der Waals surface area contributed by atoms with Crippen LogP contribution in [0.15, 0.2) is 29.7 Å². The third-order valence-electron chi connectivity index (χ3n) is 4.37. The van der Waals surface area contributed by atoms with E-state index in [9.17, 15) is 13.6 Å². The van der Waals surface area contributed by atoms with Gasteiger partial charge in [-0.15, -0.1) is 0 Å². The summed E-state index contributed by atoms with van der Waals surface area (Å²) in [6.07, 6.45) is 4.57. The van der Waals surface area contributed by atoms with Crippen LogP contribution >= 0.6 is 11.8 Å². The highest BCUT2D eigenvalue weighted by Gasteiger charge is 2.24. The minimum atomic E-state index is -2.63. The van der Waals surface area contributed by atoms with Crippen LogP contribution in [0.1, 0.15) is 43.5 Å². The first-order valence-corrected chi connectivity index (χ1v) is 9.45. The van der Waals surface area contributed by atoms with Crippen molar-refractivity contribution in [2.24, 2.45) is 0 Å². The van der Waals surface area contributed by atoms with Gasteiger partial charge in [0.15, 0.2) is 5.16 Å². The number of carbonyl (C=O) groups is 1. The van der Waals surface area contributed by atoms with E-state index in [0.717, 1.165) is 30.8 Å². The molecule has 0 spiro atoms. The number of halogens is 2. The van der Waals surface area contributed by atoms with Gasteiger partial charge < -0.3 is 5.32 Å². The molecule has 6 nitrogen and oxygen atoms in total. The fourth-order valence-corrected chi connectivity index (χ4v) is 4.08. The molecule has 140 valence electrons. The molecule has 1 aliphatic carbocycles. The number of rotatable bonds is 6. The van der Waals surface area contributed by atoms with Gasteiger partial charge in [-0.3, -0.25) is 9.48 Å². The maximum Gasteiger partial charge on any atom is 0.282 e. The summed E-state index contributed by atoms with van der Waals surface area (Å²) in [6, 6.07) is 3.22. The van der Waals surface area contributed by atoms with Crippen LogP contribution in [0.25, 0.3) is 0 Å². The molecule has 0 bridgehead atoms. The van der Waals surface area contributed by atoms with Crippen molar-refractivity contribution in [2.45, 2.75) is 62.0 Å². The number of nitrogens with one attached hydrogen (secondary N) is 1. The molecule has 3 rings (SSSR count). The zero-order valence-electron chi connectivity index (χ0n) is 14.4. The van der Waals surface area contributed by atoms with Crippen LogP contribution in [-0.2, 0) is 11.3 Å². The Morgan fingerprint density at radius 3 is 2.62 bits per heavy atom. The SMILES string of the molecule is Cc1cc(C(F)F)nn1CC(=O)NC1CCC(Sc2ncccn2)CC1. The molecule has 1 amide bonds. The summed E-state index contributed by atoms with van der Waals surface area (Å²) in [5, 5.41) is 8.01. The Labute approximate surface area is 154 Å². The van der Waals surface area contributed by atoms with Gasteiger partial charge in [-0.05, 0) is 44.7 Å². The van der Waals surface area contributed by atoms with Crippen molar-refractivity contribution in [3.8, 4) is 0 Å². The Morgan fingerprint density at radius 1 is 1.31 bits per heavy atom. The smallest absolute Gasteiger partial charge is 0.282 e. The Kier molecular flexibility index (Phi) is 6.18. The molecule has 0 radical (unpaired) electrons. The van der Waals surface area contributed by atoms with Crippen LogP contribution in [-0.4, -0.2) is 36.9 Å². The van der Waals surface area contributed by atoms with Gasteiger partial charge in [0.05, 0.1) is 0 Å². The van der Waals surface area contributed by atoms with E-state index in [-0.39, 0.29) is 24.2 Å².